The molecule has 0 aliphatic rings. The van der Waals surface area contributed by atoms with Crippen LogP contribution in [0.25, 0.3) is 0 Å². The van der Waals surface area contributed by atoms with Crippen LogP contribution in [0.2, 0.25) is 0 Å². The van der Waals surface area contributed by atoms with Crippen molar-refractivity contribution in [2.75, 3.05) is 5.43 Å². The molecule has 0 atom stereocenters. The van der Waals surface area contributed by atoms with Crippen LogP contribution < -0.4 is 5.43 Å². The molecule has 1 aromatic heterocycles. The van der Waals surface area contributed by atoms with Gasteiger partial charge in [0, 0.05) is 0 Å². The van der Waals surface area contributed by atoms with Gasteiger partial charge in [0.05, 0.1) is 6.21 Å². The third kappa shape index (κ3) is 2.16. The largest absolute Gasteiger partial charge is 0.264 e. The fourth-order valence-electron chi connectivity index (χ4n) is 0.966. The average Bonchev–Trinajstić information content (AvgIpc) is 2.72. The highest BCUT2D eigenvalue weighted by molar-refractivity contribution is 5.79. The van der Waals surface area contributed by atoms with Gasteiger partial charge in [-0.05, 0) is 5.56 Å². The molecule has 0 spiro atoms. The van der Waals surface area contributed by atoms with Crippen LogP contribution >= 0.6 is 0 Å². The van der Waals surface area contributed by atoms with Crippen LogP contribution in [0.5, 0.6) is 0 Å². The van der Waals surface area contributed by atoms with Gasteiger partial charge in [0.1, 0.15) is 6.33 Å². The van der Waals surface area contributed by atoms with Crippen molar-refractivity contribution in [1.82, 2.24) is 15.2 Å². The molecule has 0 saturated carbocycles. The molecule has 2 N–H and O–H groups in total. The number of hydrazone groups is 1. The molecule has 0 aliphatic heterocycles. The number of aromatic nitrogens is 3. The molecule has 2 aromatic rings. The quantitative estimate of drug-likeness (QED) is 0.561. The average molecular weight is 187 g/mol. The van der Waals surface area contributed by atoms with Crippen molar-refractivity contribution in [2.24, 2.45) is 5.10 Å². The smallest absolute Gasteiger partial charge is 0.262 e. The van der Waals surface area contributed by atoms with Crippen molar-refractivity contribution in [3.05, 3.63) is 42.2 Å². The van der Waals surface area contributed by atoms with E-state index >= 15 is 0 Å². The third-order valence-electron chi connectivity index (χ3n) is 1.59. The lowest BCUT2D eigenvalue weighted by molar-refractivity contribution is 1.08. The molecule has 70 valence electrons. The first-order valence-corrected chi connectivity index (χ1v) is 4.15. The Morgan fingerprint density at radius 1 is 1.29 bits per heavy atom. The summed E-state index contributed by atoms with van der Waals surface area (Å²) in [5.41, 5.74) is 3.71. The molecule has 0 radical (unpaired) electrons. The summed E-state index contributed by atoms with van der Waals surface area (Å²) in [6.07, 6.45) is 3.19. The molecular weight excluding hydrogens is 178 g/mol. The van der Waals surface area contributed by atoms with Crippen LogP contribution in [0.4, 0.5) is 5.95 Å². The number of nitrogens with one attached hydrogen (secondary N) is 2. The van der Waals surface area contributed by atoms with E-state index in [0.29, 0.717) is 5.95 Å². The molecule has 1 heterocycles. The summed E-state index contributed by atoms with van der Waals surface area (Å²) in [4.78, 5) is 3.86. The van der Waals surface area contributed by atoms with Gasteiger partial charge in [-0.2, -0.15) is 10.1 Å². The van der Waals surface area contributed by atoms with Crippen LogP contribution in [0.3, 0.4) is 0 Å². The normalized spacial score (nSPS) is 10.6. The van der Waals surface area contributed by atoms with Gasteiger partial charge in [-0.1, -0.05) is 30.3 Å². The van der Waals surface area contributed by atoms with Gasteiger partial charge in [0.15, 0.2) is 0 Å². The summed E-state index contributed by atoms with van der Waals surface area (Å²) in [6, 6.07) is 9.79. The van der Waals surface area contributed by atoms with Gasteiger partial charge >= 0.3 is 0 Å². The molecule has 0 bridgehead atoms. The second-order valence-electron chi connectivity index (χ2n) is 2.60. The van der Waals surface area contributed by atoms with Crippen molar-refractivity contribution in [3.8, 4) is 0 Å². The van der Waals surface area contributed by atoms with Crippen LogP contribution in [0.15, 0.2) is 41.8 Å². The Kier molecular flexibility index (Phi) is 2.51. The Morgan fingerprint density at radius 3 is 2.86 bits per heavy atom. The Labute approximate surface area is 80.9 Å². The van der Waals surface area contributed by atoms with Crippen LogP contribution in [0, 0.1) is 0 Å². The number of aromatic amines is 1. The number of hydrogen-bond donors (Lipinski definition) is 2. The molecule has 14 heavy (non-hydrogen) atoms. The van der Waals surface area contributed by atoms with Crippen molar-refractivity contribution < 1.29 is 0 Å². The SMILES string of the molecule is C(=N\Nc1nc[nH]n1)/c1ccccc1. The van der Waals surface area contributed by atoms with E-state index in [4.69, 9.17) is 0 Å². The van der Waals surface area contributed by atoms with Gasteiger partial charge in [-0.15, -0.1) is 5.10 Å². The summed E-state index contributed by atoms with van der Waals surface area (Å²) in [5.74, 6) is 0.456. The molecule has 0 unspecified atom stereocenters. The maximum absolute atomic E-state index is 3.96. The molecule has 5 heteroatoms. The van der Waals surface area contributed by atoms with Crippen molar-refractivity contribution in [3.63, 3.8) is 0 Å². The van der Waals surface area contributed by atoms with Gasteiger partial charge in [-0.25, -0.2) is 5.43 Å². The molecular formula is C9H9N5. The minimum Gasteiger partial charge on any atom is -0.264 e. The number of rotatable bonds is 3. The number of benzene rings is 1. The first kappa shape index (κ1) is 8.43. The second kappa shape index (κ2) is 4.18. The fraction of sp³-hybridized carbons (Fsp3) is 0. The van der Waals surface area contributed by atoms with Gasteiger partial charge in [0.2, 0.25) is 0 Å². The topological polar surface area (TPSA) is 66.0 Å². The third-order valence-corrected chi connectivity index (χ3v) is 1.59. The lowest BCUT2D eigenvalue weighted by Gasteiger charge is -1.91. The first-order valence-electron chi connectivity index (χ1n) is 4.15. The summed E-state index contributed by atoms with van der Waals surface area (Å²) < 4.78 is 0. The van der Waals surface area contributed by atoms with Crippen molar-refractivity contribution in [2.45, 2.75) is 0 Å². The minimum absolute atomic E-state index is 0.456. The van der Waals surface area contributed by atoms with Crippen molar-refractivity contribution >= 4 is 12.2 Å². The monoisotopic (exact) mass is 187 g/mol. The predicted octanol–water partition coefficient (Wildman–Crippen LogP) is 1.25. The van der Waals surface area contributed by atoms with Crippen LogP contribution in [-0.4, -0.2) is 21.4 Å². The molecule has 1 aromatic carbocycles. The molecule has 2 rings (SSSR count). The van der Waals surface area contributed by atoms with E-state index in [2.05, 4.69) is 25.7 Å². The van der Waals surface area contributed by atoms with Crippen LogP contribution in [0.1, 0.15) is 5.56 Å². The summed E-state index contributed by atoms with van der Waals surface area (Å²) in [7, 11) is 0. The highest BCUT2D eigenvalue weighted by Gasteiger charge is 1.89. The summed E-state index contributed by atoms with van der Waals surface area (Å²) >= 11 is 0. The number of nitrogens with zero attached hydrogens (tertiary/aromatic N) is 3. The Balaban J connectivity index is 1.96. The van der Waals surface area contributed by atoms with Gasteiger partial charge in [-0.3, -0.25) is 5.10 Å². The van der Waals surface area contributed by atoms with Gasteiger partial charge in [0.25, 0.3) is 5.95 Å². The zero-order chi connectivity index (χ0) is 9.64. The zero-order valence-corrected chi connectivity index (χ0v) is 7.38. The molecule has 0 amide bonds. The standard InChI is InChI=1S/C9H9N5/c1-2-4-8(5-3-1)6-11-13-9-10-7-12-14-9/h1-7H,(H2,10,12,13,14)/b11-6+. The molecule has 0 aliphatic carbocycles. The molecule has 5 nitrogen and oxygen atoms in total. The number of H-pyrrole nitrogens is 1. The Hall–Kier alpha value is -2.17. The van der Waals surface area contributed by atoms with Gasteiger partial charge < -0.3 is 0 Å². The number of anilines is 1. The summed E-state index contributed by atoms with van der Waals surface area (Å²) in [5, 5.41) is 10.3. The zero-order valence-electron chi connectivity index (χ0n) is 7.38. The summed E-state index contributed by atoms with van der Waals surface area (Å²) in [6.45, 7) is 0. The van der Waals surface area contributed by atoms with E-state index in [1.807, 2.05) is 30.3 Å². The maximum atomic E-state index is 3.96. The predicted molar refractivity (Wildman–Crippen MR) is 54.0 cm³/mol. The van der Waals surface area contributed by atoms with E-state index in [-0.39, 0.29) is 0 Å². The van der Waals surface area contributed by atoms with E-state index in [9.17, 15) is 0 Å². The Bertz CT molecular complexity index is 392. The fourth-order valence-corrected chi connectivity index (χ4v) is 0.966. The molecule has 0 saturated heterocycles. The maximum Gasteiger partial charge on any atom is 0.262 e. The Morgan fingerprint density at radius 2 is 2.14 bits per heavy atom. The lowest BCUT2D eigenvalue weighted by atomic mass is 10.2. The van der Waals surface area contributed by atoms with Crippen molar-refractivity contribution in [1.29, 1.82) is 0 Å². The highest BCUT2D eigenvalue weighted by atomic mass is 15.4. The number of hydrogen-bond acceptors (Lipinski definition) is 4. The van der Waals surface area contributed by atoms with E-state index < -0.39 is 0 Å². The highest BCUT2D eigenvalue weighted by Crippen LogP contribution is 1.95. The van der Waals surface area contributed by atoms with E-state index in [1.54, 1.807) is 6.21 Å². The minimum atomic E-state index is 0.456. The van der Waals surface area contributed by atoms with Crippen LogP contribution in [-0.2, 0) is 0 Å². The first-order chi connectivity index (χ1) is 6.95. The van der Waals surface area contributed by atoms with E-state index in [1.165, 1.54) is 6.33 Å². The second-order valence-corrected chi connectivity index (χ2v) is 2.60. The molecule has 0 fully saturated rings. The van der Waals surface area contributed by atoms with E-state index in [0.717, 1.165) is 5.56 Å². The lowest BCUT2D eigenvalue weighted by Crippen LogP contribution is -1.92.